The van der Waals surface area contributed by atoms with E-state index in [4.69, 9.17) is 34.8 Å². The van der Waals surface area contributed by atoms with Gasteiger partial charge in [0, 0.05) is 5.56 Å². The third-order valence-electron chi connectivity index (χ3n) is 1.70. The minimum atomic E-state index is -1.31. The van der Waals surface area contributed by atoms with Crippen molar-refractivity contribution in [3.05, 3.63) is 34.9 Å². The fourth-order valence-electron chi connectivity index (χ4n) is 1.04. The van der Waals surface area contributed by atoms with Crippen LogP contribution in [0.2, 0.25) is 0 Å². The Hall–Kier alpha value is 1.09. The van der Waals surface area contributed by atoms with Crippen LogP contribution in [-0.2, 0) is 3.79 Å². The van der Waals surface area contributed by atoms with Crippen LogP contribution in [0, 0.1) is 13.8 Å². The number of hydrogen-bond donors (Lipinski definition) is 0. The Morgan fingerprint density at radius 2 is 1.69 bits per heavy atom. The summed E-state index contributed by atoms with van der Waals surface area (Å²) in [5, 5.41) is 0. The summed E-state index contributed by atoms with van der Waals surface area (Å²) in [6.45, 7) is 3.90. The normalized spacial score (nSPS) is 10.8. The predicted molar refractivity (Wildman–Crippen MR) is 56.3 cm³/mol. The molecule has 1 aromatic rings. The summed E-state index contributed by atoms with van der Waals surface area (Å²) in [6.07, 6.45) is 0. The number of alkyl halides is 3. The van der Waals surface area contributed by atoms with E-state index in [1.807, 2.05) is 32.0 Å². The van der Waals surface area contributed by atoms with Crippen molar-refractivity contribution in [2.75, 3.05) is 0 Å². The van der Waals surface area contributed by atoms with Crippen molar-refractivity contribution < 1.29 is 31.0 Å². The third kappa shape index (κ3) is 3.99. The number of halogens is 3. The van der Waals surface area contributed by atoms with Crippen LogP contribution in [0.1, 0.15) is 18.1 Å². The van der Waals surface area contributed by atoms with Crippen molar-refractivity contribution in [3.63, 3.8) is 0 Å². The van der Waals surface area contributed by atoms with Gasteiger partial charge < -0.3 is 1.43 Å². The molecule has 0 N–H and O–H groups in total. The van der Waals surface area contributed by atoms with Crippen LogP contribution in [0.5, 0.6) is 0 Å². The van der Waals surface area contributed by atoms with E-state index >= 15 is 0 Å². The Morgan fingerprint density at radius 1 is 1.15 bits per heavy atom. The molecular weight excluding hydrogens is 237 g/mol. The number of hydrogen-bond acceptors (Lipinski definition) is 0. The minimum absolute atomic E-state index is 0. The monoisotopic (exact) mass is 246 g/mol. The molecule has 0 nitrogen and oxygen atoms in total. The van der Waals surface area contributed by atoms with Gasteiger partial charge in [-0.25, -0.2) is 0 Å². The molecule has 4 heteroatoms. The summed E-state index contributed by atoms with van der Waals surface area (Å²) in [5.74, 6) is 0. The fraction of sp³-hybridized carbons (Fsp3) is 0.333. The molecule has 1 rings (SSSR count). The van der Waals surface area contributed by atoms with Gasteiger partial charge in [0.2, 0.25) is 3.79 Å². The molecule has 0 saturated heterocycles. The predicted octanol–water partition coefficient (Wildman–Crippen LogP) is 1.25. The second kappa shape index (κ2) is 5.25. The molecule has 0 saturated carbocycles. The van der Waals surface area contributed by atoms with Gasteiger partial charge in [0.25, 0.3) is 0 Å². The Morgan fingerprint density at radius 3 is 2.08 bits per heavy atom. The van der Waals surface area contributed by atoms with Crippen molar-refractivity contribution in [1.82, 2.24) is 0 Å². The first-order valence-electron chi connectivity index (χ1n) is 3.55. The first kappa shape index (κ1) is 14.1. The molecule has 0 fully saturated rings. The summed E-state index contributed by atoms with van der Waals surface area (Å²) < 4.78 is -1.31. The number of rotatable bonds is 0. The minimum Gasteiger partial charge on any atom is -1.00 e. The summed E-state index contributed by atoms with van der Waals surface area (Å²) in [5.41, 5.74) is 2.86. The van der Waals surface area contributed by atoms with Crippen molar-refractivity contribution in [3.8, 4) is 0 Å². The molecule has 0 radical (unpaired) electrons. The Labute approximate surface area is 117 Å². The van der Waals surface area contributed by atoms with Crippen molar-refractivity contribution in [2.24, 2.45) is 0 Å². The maximum absolute atomic E-state index is 5.77. The third-order valence-corrected chi connectivity index (χ3v) is 2.31. The first-order valence-corrected chi connectivity index (χ1v) is 4.69. The van der Waals surface area contributed by atoms with E-state index in [2.05, 4.69) is 0 Å². The van der Waals surface area contributed by atoms with Gasteiger partial charge >= 0.3 is 29.6 Å². The zero-order valence-corrected chi connectivity index (χ0v) is 12.1. The van der Waals surface area contributed by atoms with Gasteiger partial charge in [-0.1, -0.05) is 58.6 Å². The van der Waals surface area contributed by atoms with Crippen molar-refractivity contribution >= 4 is 34.8 Å². The molecule has 0 atom stereocenters. The van der Waals surface area contributed by atoms with E-state index < -0.39 is 3.79 Å². The van der Waals surface area contributed by atoms with E-state index in [-0.39, 0.29) is 31.0 Å². The Balaban J connectivity index is 0. The van der Waals surface area contributed by atoms with Gasteiger partial charge in [-0.3, -0.25) is 0 Å². The van der Waals surface area contributed by atoms with Gasteiger partial charge in [0.05, 0.1) is 0 Å². The molecule has 0 aliphatic carbocycles. The molecule has 0 aromatic heterocycles. The number of benzene rings is 1. The van der Waals surface area contributed by atoms with Gasteiger partial charge in [-0.15, -0.1) is 0 Å². The average Bonchev–Trinajstić information content (AvgIpc) is 1.92. The van der Waals surface area contributed by atoms with Crippen LogP contribution in [0.25, 0.3) is 0 Å². The largest absolute Gasteiger partial charge is 1.00 e. The standard InChI is InChI=1S/C9H9Cl3.Na.H/c1-6-3-4-7(2)8(5-6)9(10,11)12;;/h3-5H,1-2H3;;/q;+1;-1. The molecule has 0 amide bonds. The van der Waals surface area contributed by atoms with E-state index in [0.29, 0.717) is 0 Å². The van der Waals surface area contributed by atoms with Crippen molar-refractivity contribution in [1.29, 1.82) is 0 Å². The van der Waals surface area contributed by atoms with Gasteiger partial charge in [0.15, 0.2) is 0 Å². The Bertz CT molecular complexity index is 297. The molecular formula is C9H10Cl3Na. The molecule has 0 aliphatic rings. The smallest absolute Gasteiger partial charge is 1.00 e. The molecule has 0 heterocycles. The van der Waals surface area contributed by atoms with E-state index in [1.165, 1.54) is 0 Å². The molecule has 0 spiro atoms. The molecule has 1 aromatic carbocycles. The topological polar surface area (TPSA) is 0 Å². The SMILES string of the molecule is Cc1ccc(C)c(C(Cl)(Cl)Cl)c1.[H-].[Na+]. The first-order chi connectivity index (χ1) is 5.41. The maximum Gasteiger partial charge on any atom is 1.00 e. The van der Waals surface area contributed by atoms with Crippen LogP contribution in [0.3, 0.4) is 0 Å². The van der Waals surface area contributed by atoms with Gasteiger partial charge in [-0.05, 0) is 19.4 Å². The maximum atomic E-state index is 5.77. The molecule has 0 aliphatic heterocycles. The summed E-state index contributed by atoms with van der Waals surface area (Å²) in [7, 11) is 0. The van der Waals surface area contributed by atoms with Gasteiger partial charge in [0.1, 0.15) is 0 Å². The average molecular weight is 248 g/mol. The summed E-state index contributed by atoms with van der Waals surface area (Å²) in [4.78, 5) is 0. The second-order valence-electron chi connectivity index (χ2n) is 2.82. The fourth-order valence-corrected chi connectivity index (χ4v) is 1.65. The quantitative estimate of drug-likeness (QED) is 0.478. The zero-order chi connectivity index (χ0) is 9.35. The van der Waals surface area contributed by atoms with Crippen LogP contribution in [-0.4, -0.2) is 0 Å². The molecule has 0 unspecified atom stereocenters. The Kier molecular flexibility index (Phi) is 5.69. The van der Waals surface area contributed by atoms with Crippen LogP contribution < -0.4 is 29.6 Å². The van der Waals surface area contributed by atoms with Crippen LogP contribution in [0.4, 0.5) is 0 Å². The zero-order valence-electron chi connectivity index (χ0n) is 8.87. The second-order valence-corrected chi connectivity index (χ2v) is 5.10. The number of aryl methyl sites for hydroxylation is 2. The summed E-state index contributed by atoms with van der Waals surface area (Å²) >= 11 is 17.3. The van der Waals surface area contributed by atoms with Gasteiger partial charge in [-0.2, -0.15) is 0 Å². The van der Waals surface area contributed by atoms with Crippen LogP contribution in [0.15, 0.2) is 18.2 Å². The van der Waals surface area contributed by atoms with E-state index in [0.717, 1.165) is 16.7 Å². The molecule has 0 bridgehead atoms. The van der Waals surface area contributed by atoms with Crippen LogP contribution >= 0.6 is 34.8 Å². The summed E-state index contributed by atoms with van der Waals surface area (Å²) in [6, 6.07) is 5.84. The van der Waals surface area contributed by atoms with Crippen molar-refractivity contribution in [2.45, 2.75) is 17.6 Å². The molecule has 68 valence electrons. The van der Waals surface area contributed by atoms with E-state index in [9.17, 15) is 0 Å². The molecule has 13 heavy (non-hydrogen) atoms. The van der Waals surface area contributed by atoms with E-state index in [1.54, 1.807) is 0 Å².